The van der Waals surface area contributed by atoms with Crippen LogP contribution in [-0.4, -0.2) is 43.2 Å². The second-order valence-electron chi connectivity index (χ2n) is 3.17. The highest BCUT2D eigenvalue weighted by atomic mass is 32.1. The molecule has 2 N–H and O–H groups in total. The fraction of sp³-hybridized carbons (Fsp3) is 0.889. The van der Waals surface area contributed by atoms with Gasteiger partial charge >= 0.3 is 0 Å². The number of ether oxygens (including phenoxy) is 1. The van der Waals surface area contributed by atoms with E-state index in [1.807, 2.05) is 7.05 Å². The van der Waals surface area contributed by atoms with E-state index in [4.69, 9.17) is 22.7 Å². The first-order chi connectivity index (χ1) is 6.16. The molecule has 0 radical (unpaired) electrons. The summed E-state index contributed by atoms with van der Waals surface area (Å²) in [6.45, 7) is 5.34. The maximum atomic E-state index is 5.40. The van der Waals surface area contributed by atoms with Crippen LogP contribution < -0.4 is 5.73 Å². The van der Waals surface area contributed by atoms with E-state index in [2.05, 4.69) is 11.8 Å². The summed E-state index contributed by atoms with van der Waals surface area (Å²) in [5.41, 5.74) is 5.39. The van der Waals surface area contributed by atoms with Crippen molar-refractivity contribution in [2.24, 2.45) is 5.73 Å². The summed E-state index contributed by atoms with van der Waals surface area (Å²) in [4.78, 5) is 2.60. The van der Waals surface area contributed by atoms with E-state index >= 15 is 0 Å². The Morgan fingerprint density at radius 1 is 1.46 bits per heavy atom. The Kier molecular flexibility index (Phi) is 8.29. The van der Waals surface area contributed by atoms with Crippen LogP contribution in [0.1, 0.15) is 19.8 Å². The van der Waals surface area contributed by atoms with E-state index in [0.717, 1.165) is 26.2 Å². The van der Waals surface area contributed by atoms with Crippen molar-refractivity contribution in [3.63, 3.8) is 0 Å². The number of nitrogens with zero attached hydrogens (tertiary/aromatic N) is 1. The van der Waals surface area contributed by atoms with Crippen molar-refractivity contribution in [3.05, 3.63) is 0 Å². The third-order valence-electron chi connectivity index (χ3n) is 1.69. The Balaban J connectivity index is 3.17. The fourth-order valence-electron chi connectivity index (χ4n) is 0.914. The lowest BCUT2D eigenvalue weighted by Crippen LogP contribution is -2.31. The predicted octanol–water partition coefficient (Wildman–Crippen LogP) is 1.02. The highest BCUT2D eigenvalue weighted by molar-refractivity contribution is 7.80. The van der Waals surface area contributed by atoms with Gasteiger partial charge in [0, 0.05) is 19.7 Å². The van der Waals surface area contributed by atoms with Crippen molar-refractivity contribution in [2.75, 3.05) is 33.4 Å². The standard InChI is InChI=1S/C9H20N2OS/c1-3-4-6-12-7-5-11(2)8-9(10)13/h3-8H2,1-2H3,(H2,10,13). The zero-order chi connectivity index (χ0) is 10.1. The first kappa shape index (κ1) is 12.8. The van der Waals surface area contributed by atoms with Crippen molar-refractivity contribution in [1.29, 1.82) is 0 Å². The van der Waals surface area contributed by atoms with Gasteiger partial charge in [0.2, 0.25) is 0 Å². The van der Waals surface area contributed by atoms with Crippen molar-refractivity contribution in [2.45, 2.75) is 19.8 Å². The van der Waals surface area contributed by atoms with Gasteiger partial charge in [0.05, 0.1) is 11.6 Å². The van der Waals surface area contributed by atoms with Crippen LogP contribution in [0.4, 0.5) is 0 Å². The molecule has 0 rings (SSSR count). The lowest BCUT2D eigenvalue weighted by atomic mass is 10.4. The normalized spacial score (nSPS) is 10.7. The molecule has 0 atom stereocenters. The summed E-state index contributed by atoms with van der Waals surface area (Å²) in [6.07, 6.45) is 2.32. The molecular formula is C9H20N2OS. The van der Waals surface area contributed by atoms with Crippen molar-refractivity contribution >= 4 is 17.2 Å². The molecule has 13 heavy (non-hydrogen) atoms. The van der Waals surface area contributed by atoms with Crippen LogP contribution >= 0.6 is 12.2 Å². The number of hydrogen-bond donors (Lipinski definition) is 1. The molecule has 4 heteroatoms. The van der Waals surface area contributed by atoms with E-state index in [1.54, 1.807) is 0 Å². The highest BCUT2D eigenvalue weighted by Crippen LogP contribution is 1.89. The number of thiocarbonyl (C=S) groups is 1. The van der Waals surface area contributed by atoms with Gasteiger partial charge in [-0.3, -0.25) is 4.90 Å². The summed E-state index contributed by atoms with van der Waals surface area (Å²) in [6, 6.07) is 0. The number of rotatable bonds is 8. The summed E-state index contributed by atoms with van der Waals surface area (Å²) in [5, 5.41) is 0. The van der Waals surface area contributed by atoms with Crippen LogP contribution in [0.3, 0.4) is 0 Å². The molecule has 0 aromatic rings. The van der Waals surface area contributed by atoms with E-state index < -0.39 is 0 Å². The third-order valence-corrected chi connectivity index (χ3v) is 1.81. The van der Waals surface area contributed by atoms with Crippen LogP contribution in [0.5, 0.6) is 0 Å². The van der Waals surface area contributed by atoms with Gasteiger partial charge in [-0.1, -0.05) is 25.6 Å². The van der Waals surface area contributed by atoms with Gasteiger partial charge in [0.15, 0.2) is 0 Å². The number of nitrogens with two attached hydrogens (primary N) is 1. The first-order valence-electron chi connectivity index (χ1n) is 4.71. The minimum Gasteiger partial charge on any atom is -0.392 e. The van der Waals surface area contributed by atoms with Crippen LogP contribution in [0.2, 0.25) is 0 Å². The second kappa shape index (κ2) is 8.41. The topological polar surface area (TPSA) is 38.5 Å². The Hall–Kier alpha value is -0.190. The van der Waals surface area contributed by atoms with Gasteiger partial charge in [0.1, 0.15) is 0 Å². The first-order valence-corrected chi connectivity index (χ1v) is 5.12. The summed E-state index contributed by atoms with van der Waals surface area (Å²) in [5.74, 6) is 0. The minimum atomic E-state index is 0.538. The van der Waals surface area contributed by atoms with Gasteiger partial charge in [-0.15, -0.1) is 0 Å². The smallest absolute Gasteiger partial charge is 0.0869 e. The zero-order valence-electron chi connectivity index (χ0n) is 8.58. The molecule has 0 aliphatic heterocycles. The van der Waals surface area contributed by atoms with Crippen molar-refractivity contribution in [1.82, 2.24) is 4.90 Å². The van der Waals surface area contributed by atoms with Crippen molar-refractivity contribution < 1.29 is 4.74 Å². The second-order valence-corrected chi connectivity index (χ2v) is 3.69. The minimum absolute atomic E-state index is 0.538. The van der Waals surface area contributed by atoms with Crippen LogP contribution in [0.15, 0.2) is 0 Å². The molecule has 0 unspecified atom stereocenters. The van der Waals surface area contributed by atoms with Crippen LogP contribution in [0.25, 0.3) is 0 Å². The molecule has 0 saturated heterocycles. The Labute approximate surface area is 86.2 Å². The molecule has 0 spiro atoms. The molecule has 3 nitrogen and oxygen atoms in total. The number of unbranched alkanes of at least 4 members (excludes halogenated alkanes) is 1. The van der Waals surface area contributed by atoms with Crippen molar-refractivity contribution in [3.8, 4) is 0 Å². The van der Waals surface area contributed by atoms with Gasteiger partial charge in [0.25, 0.3) is 0 Å². The molecule has 0 heterocycles. The number of hydrogen-bond acceptors (Lipinski definition) is 3. The highest BCUT2D eigenvalue weighted by Gasteiger charge is 1.98. The monoisotopic (exact) mass is 204 g/mol. The molecule has 0 aromatic heterocycles. The Morgan fingerprint density at radius 2 is 2.15 bits per heavy atom. The van der Waals surface area contributed by atoms with Gasteiger partial charge in [-0.05, 0) is 13.5 Å². The average molecular weight is 204 g/mol. The quantitative estimate of drug-likeness (QED) is 0.473. The molecule has 0 aliphatic rings. The molecule has 78 valence electrons. The molecular weight excluding hydrogens is 184 g/mol. The van der Waals surface area contributed by atoms with Crippen LogP contribution in [0, 0.1) is 0 Å². The fourth-order valence-corrected chi connectivity index (χ4v) is 1.13. The summed E-state index contributed by atoms with van der Waals surface area (Å²) in [7, 11) is 1.99. The predicted molar refractivity (Wildman–Crippen MR) is 60.0 cm³/mol. The molecule has 0 bridgehead atoms. The zero-order valence-corrected chi connectivity index (χ0v) is 9.40. The average Bonchev–Trinajstić information content (AvgIpc) is 2.02. The molecule has 0 aliphatic carbocycles. The Morgan fingerprint density at radius 3 is 2.69 bits per heavy atom. The lowest BCUT2D eigenvalue weighted by Gasteiger charge is -2.15. The van der Waals surface area contributed by atoms with Gasteiger partial charge < -0.3 is 10.5 Å². The Bertz CT molecular complexity index is 142. The summed E-state index contributed by atoms with van der Waals surface area (Å²) >= 11 is 4.79. The van der Waals surface area contributed by atoms with E-state index in [-0.39, 0.29) is 0 Å². The largest absolute Gasteiger partial charge is 0.392 e. The maximum absolute atomic E-state index is 5.40. The van der Waals surface area contributed by atoms with Gasteiger partial charge in [-0.2, -0.15) is 0 Å². The maximum Gasteiger partial charge on any atom is 0.0869 e. The summed E-state index contributed by atoms with van der Waals surface area (Å²) < 4.78 is 5.40. The lowest BCUT2D eigenvalue weighted by molar-refractivity contribution is 0.113. The molecule has 0 saturated carbocycles. The SMILES string of the molecule is CCCCOCCN(C)CC(N)=S. The van der Waals surface area contributed by atoms with E-state index in [1.165, 1.54) is 6.42 Å². The molecule has 0 amide bonds. The van der Waals surface area contributed by atoms with E-state index in [0.29, 0.717) is 11.5 Å². The molecule has 0 fully saturated rings. The number of likely N-dealkylation sites (N-methyl/N-ethyl adjacent to an activating group) is 1. The van der Waals surface area contributed by atoms with Gasteiger partial charge in [-0.25, -0.2) is 0 Å². The third kappa shape index (κ3) is 9.73. The van der Waals surface area contributed by atoms with Crippen LogP contribution in [-0.2, 0) is 4.74 Å². The molecule has 0 aromatic carbocycles. The van der Waals surface area contributed by atoms with E-state index in [9.17, 15) is 0 Å².